The number of unbranched alkanes of at least 4 members (excludes halogenated alkanes) is 1. The average molecular weight is 364 g/mol. The second-order valence-electron chi connectivity index (χ2n) is 5.93. The first-order valence-electron chi connectivity index (χ1n) is 8.31. The van der Waals surface area contributed by atoms with Crippen LogP contribution in [-0.2, 0) is 6.54 Å². The fourth-order valence-corrected chi connectivity index (χ4v) is 2.97. The molecule has 4 aromatic rings. The van der Waals surface area contributed by atoms with Crippen molar-refractivity contribution in [3.63, 3.8) is 0 Å². The Labute approximate surface area is 152 Å². The smallest absolute Gasteiger partial charge is 0.292 e. The molecule has 4 rings (SSSR count). The van der Waals surface area contributed by atoms with Crippen molar-refractivity contribution in [2.24, 2.45) is 5.11 Å². The van der Waals surface area contributed by atoms with Crippen LogP contribution in [0.2, 0.25) is 0 Å². The molecule has 136 valence electrons. The van der Waals surface area contributed by atoms with Gasteiger partial charge in [-0.25, -0.2) is 14.6 Å². The van der Waals surface area contributed by atoms with Crippen LogP contribution >= 0.6 is 0 Å². The summed E-state index contributed by atoms with van der Waals surface area (Å²) in [6.07, 6.45) is 2.96. The normalized spacial score (nSPS) is 11.1. The second kappa shape index (κ2) is 6.81. The number of nitrogens with zero attached hydrogens (tertiary/aromatic N) is 8. The molecule has 3 aromatic heterocycles. The highest BCUT2D eigenvalue weighted by molar-refractivity contribution is 5.99. The molecule has 27 heavy (non-hydrogen) atoms. The first-order valence-corrected chi connectivity index (χ1v) is 8.31. The molecular formula is C16H16N10O. The molecule has 0 amide bonds. The van der Waals surface area contributed by atoms with E-state index in [2.05, 4.69) is 25.0 Å². The maximum Gasteiger partial charge on any atom is 0.292 e. The third-order valence-corrected chi connectivity index (χ3v) is 4.18. The van der Waals surface area contributed by atoms with Crippen molar-refractivity contribution in [3.05, 3.63) is 35.0 Å². The zero-order valence-corrected chi connectivity index (χ0v) is 14.3. The predicted molar refractivity (Wildman–Crippen MR) is 100 cm³/mol. The van der Waals surface area contributed by atoms with E-state index in [4.69, 9.17) is 26.5 Å². The van der Waals surface area contributed by atoms with Crippen LogP contribution in [0.25, 0.3) is 43.8 Å². The lowest BCUT2D eigenvalue weighted by atomic mass is 10.1. The van der Waals surface area contributed by atoms with E-state index in [1.165, 1.54) is 6.33 Å². The van der Waals surface area contributed by atoms with E-state index in [1.807, 2.05) is 12.1 Å². The van der Waals surface area contributed by atoms with Crippen molar-refractivity contribution in [1.29, 1.82) is 0 Å². The number of benzene rings is 1. The molecule has 0 spiro atoms. The van der Waals surface area contributed by atoms with E-state index in [1.54, 1.807) is 10.7 Å². The van der Waals surface area contributed by atoms with Gasteiger partial charge in [0, 0.05) is 23.6 Å². The highest BCUT2D eigenvalue weighted by Gasteiger charge is 2.17. The number of hydrogen-bond donors (Lipinski definition) is 2. The van der Waals surface area contributed by atoms with Gasteiger partial charge >= 0.3 is 0 Å². The molecule has 3 heterocycles. The van der Waals surface area contributed by atoms with Gasteiger partial charge in [-0.1, -0.05) is 5.11 Å². The van der Waals surface area contributed by atoms with Crippen LogP contribution in [0, 0.1) is 0 Å². The van der Waals surface area contributed by atoms with Crippen LogP contribution in [0.4, 0.5) is 11.8 Å². The van der Waals surface area contributed by atoms with Gasteiger partial charge < -0.3 is 15.9 Å². The third-order valence-electron chi connectivity index (χ3n) is 4.18. The Balaban J connectivity index is 1.75. The van der Waals surface area contributed by atoms with E-state index in [0.717, 1.165) is 18.4 Å². The van der Waals surface area contributed by atoms with Crippen LogP contribution < -0.4 is 11.5 Å². The molecule has 0 saturated carbocycles. The number of oxazole rings is 1. The zero-order chi connectivity index (χ0) is 18.8. The first-order chi connectivity index (χ1) is 13.2. The number of fused-ring (bicyclic) bond motifs is 2. The number of aromatic nitrogens is 5. The lowest BCUT2D eigenvalue weighted by molar-refractivity contribution is 0.573. The lowest BCUT2D eigenvalue weighted by Crippen LogP contribution is -2.02. The summed E-state index contributed by atoms with van der Waals surface area (Å²) in [7, 11) is 0. The minimum absolute atomic E-state index is 0.111. The number of azide groups is 1. The highest BCUT2D eigenvalue weighted by Crippen LogP contribution is 2.32. The fraction of sp³-hybridized carbons (Fsp3) is 0.250. The van der Waals surface area contributed by atoms with E-state index in [0.29, 0.717) is 46.7 Å². The van der Waals surface area contributed by atoms with Crippen molar-refractivity contribution in [1.82, 2.24) is 24.7 Å². The van der Waals surface area contributed by atoms with Gasteiger partial charge in [-0.05, 0) is 36.6 Å². The minimum Gasteiger partial charge on any atom is -0.424 e. The van der Waals surface area contributed by atoms with Crippen LogP contribution in [-0.4, -0.2) is 31.3 Å². The van der Waals surface area contributed by atoms with Gasteiger partial charge in [0.1, 0.15) is 23.4 Å². The largest absolute Gasteiger partial charge is 0.424 e. The fourth-order valence-electron chi connectivity index (χ4n) is 2.97. The maximum absolute atomic E-state index is 8.35. The van der Waals surface area contributed by atoms with Gasteiger partial charge in [0.15, 0.2) is 11.2 Å². The number of nitrogens with two attached hydrogens (primary N) is 2. The molecule has 0 aliphatic carbocycles. The Hall–Kier alpha value is -3.85. The number of hydrogen-bond acceptors (Lipinski definition) is 8. The van der Waals surface area contributed by atoms with Crippen LogP contribution in [0.3, 0.4) is 0 Å². The van der Waals surface area contributed by atoms with Gasteiger partial charge in [-0.15, -0.1) is 0 Å². The standard InChI is InChI=1S/C16H16N10O/c17-14-12-13(9-3-4-11-10(7-9)23-16(18)27-11)24-26(15(12)21-8-20-14)6-2-1-5-22-25-19/h3-4,7-8H,1-2,5-6H2,(H2,18,23)(H2,17,20,21). The Morgan fingerprint density at radius 2 is 2.11 bits per heavy atom. The van der Waals surface area contributed by atoms with Crippen LogP contribution in [0.15, 0.2) is 34.1 Å². The summed E-state index contributed by atoms with van der Waals surface area (Å²) in [5.41, 5.74) is 23.4. The monoisotopic (exact) mass is 364 g/mol. The summed E-state index contributed by atoms with van der Waals surface area (Å²) < 4.78 is 7.11. The number of aryl methyl sites for hydroxylation is 1. The molecule has 0 saturated heterocycles. The predicted octanol–water partition coefficient (Wildman–Crippen LogP) is 2.89. The Kier molecular flexibility index (Phi) is 4.19. The molecule has 0 fully saturated rings. The lowest BCUT2D eigenvalue weighted by Gasteiger charge is -2.01. The van der Waals surface area contributed by atoms with Crippen LogP contribution in [0.5, 0.6) is 0 Å². The summed E-state index contributed by atoms with van der Waals surface area (Å²) in [5.74, 6) is 0.357. The topological polar surface area (TPSA) is 170 Å². The van der Waals surface area contributed by atoms with Crippen LogP contribution in [0.1, 0.15) is 12.8 Å². The maximum atomic E-state index is 8.35. The Morgan fingerprint density at radius 1 is 1.22 bits per heavy atom. The first kappa shape index (κ1) is 16.6. The Bertz CT molecular complexity index is 1170. The Morgan fingerprint density at radius 3 is 2.96 bits per heavy atom. The van der Waals surface area contributed by atoms with Gasteiger partial charge in [-0.3, -0.25) is 0 Å². The number of anilines is 2. The molecule has 0 unspecified atom stereocenters. The highest BCUT2D eigenvalue weighted by atomic mass is 16.4. The summed E-state index contributed by atoms with van der Waals surface area (Å²) in [6, 6.07) is 5.61. The molecule has 4 N–H and O–H groups in total. The van der Waals surface area contributed by atoms with E-state index < -0.39 is 0 Å². The van der Waals surface area contributed by atoms with Gasteiger partial charge in [0.2, 0.25) is 0 Å². The summed E-state index contributed by atoms with van der Waals surface area (Å²) in [4.78, 5) is 15.4. The van der Waals surface area contributed by atoms with Crippen molar-refractivity contribution < 1.29 is 4.42 Å². The third kappa shape index (κ3) is 3.07. The molecule has 0 atom stereocenters. The van der Waals surface area contributed by atoms with Gasteiger partial charge in [0.05, 0.1) is 5.39 Å². The van der Waals surface area contributed by atoms with E-state index in [9.17, 15) is 0 Å². The molecule has 0 radical (unpaired) electrons. The second-order valence-corrected chi connectivity index (χ2v) is 5.93. The molecule has 11 heteroatoms. The molecular weight excluding hydrogens is 348 g/mol. The SMILES string of the molecule is [N-]=[N+]=NCCCCn1nc(-c2ccc3oc(N)nc3c2)c2c(N)ncnc21. The molecule has 0 aliphatic rings. The van der Waals surface area contributed by atoms with E-state index >= 15 is 0 Å². The van der Waals surface area contributed by atoms with Crippen molar-refractivity contribution >= 4 is 34.0 Å². The van der Waals surface area contributed by atoms with Crippen molar-refractivity contribution in [2.45, 2.75) is 19.4 Å². The van der Waals surface area contributed by atoms with Crippen molar-refractivity contribution in [2.75, 3.05) is 18.0 Å². The van der Waals surface area contributed by atoms with Gasteiger partial charge in [-0.2, -0.15) is 10.1 Å². The quantitative estimate of drug-likeness (QED) is 0.229. The molecule has 0 bridgehead atoms. The van der Waals surface area contributed by atoms with Gasteiger partial charge in [0.25, 0.3) is 6.01 Å². The molecule has 1 aromatic carbocycles. The summed E-state index contributed by atoms with van der Waals surface area (Å²) in [6.45, 7) is 1.07. The average Bonchev–Trinajstić information content (AvgIpc) is 3.21. The number of rotatable bonds is 6. The zero-order valence-electron chi connectivity index (χ0n) is 14.3. The summed E-state index contributed by atoms with van der Waals surface area (Å²) in [5, 5.41) is 8.92. The van der Waals surface area contributed by atoms with Crippen molar-refractivity contribution in [3.8, 4) is 11.3 Å². The minimum atomic E-state index is 0.111. The summed E-state index contributed by atoms with van der Waals surface area (Å²) >= 11 is 0. The molecule has 0 aliphatic heterocycles. The molecule has 11 nitrogen and oxygen atoms in total. The number of nitrogen functional groups attached to an aromatic ring is 2. The van der Waals surface area contributed by atoms with E-state index in [-0.39, 0.29) is 6.01 Å².